The predicted octanol–water partition coefficient (Wildman–Crippen LogP) is 11.8. The standard InChI is InChI=1S/C44H28O4P2.Rh/c1-3-15-31-29(13-1)25-27-39(47-49-41-23-11-7-19-35(41)33-17-5-9-21-37(33)45-49)43(31)44-32-16-4-2-14-30(32)26-28-40(44)48-50-42-24-12-8-20-36(42)34-18-6-10-22-38(34)46-50;/h1-28H;. The van der Waals surface area contributed by atoms with Crippen molar-refractivity contribution >= 4 is 48.9 Å². The Balaban J connectivity index is 0.00000348. The Morgan fingerprint density at radius 1 is 0.353 bits per heavy atom. The van der Waals surface area contributed by atoms with Crippen LogP contribution in [-0.2, 0) is 19.5 Å². The monoisotopic (exact) mass is 785 g/mol. The van der Waals surface area contributed by atoms with Crippen LogP contribution in [0, 0.1) is 0 Å². The minimum atomic E-state index is -1.51. The summed E-state index contributed by atoms with van der Waals surface area (Å²) in [6.45, 7) is 0. The molecule has 1 radical (unpaired) electrons. The third-order valence-electron chi connectivity index (χ3n) is 9.31. The van der Waals surface area contributed by atoms with Crippen molar-refractivity contribution in [2.45, 2.75) is 0 Å². The zero-order valence-corrected chi connectivity index (χ0v) is 30.5. The Bertz CT molecular complexity index is 2430. The van der Waals surface area contributed by atoms with Crippen molar-refractivity contribution in [3.05, 3.63) is 170 Å². The predicted molar refractivity (Wildman–Crippen MR) is 206 cm³/mol. The van der Waals surface area contributed by atoms with Gasteiger partial charge in [0.2, 0.25) is 0 Å². The molecular weight excluding hydrogens is 757 g/mol. The van der Waals surface area contributed by atoms with Crippen molar-refractivity contribution in [2.75, 3.05) is 0 Å². The van der Waals surface area contributed by atoms with Gasteiger partial charge < -0.3 is 18.1 Å². The molecule has 2 aliphatic heterocycles. The average molecular weight is 786 g/mol. The first-order valence-electron chi connectivity index (χ1n) is 16.5. The summed E-state index contributed by atoms with van der Waals surface area (Å²) in [5.74, 6) is 3.11. The van der Waals surface area contributed by atoms with Gasteiger partial charge in [-0.2, -0.15) is 0 Å². The number of fused-ring (bicyclic) bond motifs is 8. The van der Waals surface area contributed by atoms with E-state index in [1.54, 1.807) is 0 Å². The molecule has 0 N–H and O–H groups in total. The van der Waals surface area contributed by atoms with Crippen LogP contribution in [0.5, 0.6) is 23.0 Å². The molecule has 0 saturated carbocycles. The Kier molecular flexibility index (Phi) is 8.30. The summed E-state index contributed by atoms with van der Waals surface area (Å²) >= 11 is 0. The van der Waals surface area contributed by atoms with Crippen LogP contribution in [0.4, 0.5) is 0 Å². The Labute approximate surface area is 311 Å². The van der Waals surface area contributed by atoms with E-state index in [2.05, 4.69) is 133 Å². The summed E-state index contributed by atoms with van der Waals surface area (Å²) in [7, 11) is -3.01. The summed E-state index contributed by atoms with van der Waals surface area (Å²) < 4.78 is 27.5. The van der Waals surface area contributed by atoms with E-state index in [1.807, 2.05) is 36.4 Å². The van der Waals surface area contributed by atoms with E-state index in [-0.39, 0.29) is 19.5 Å². The quantitative estimate of drug-likeness (QED) is 0.129. The second kappa shape index (κ2) is 13.3. The van der Waals surface area contributed by atoms with Gasteiger partial charge in [0.25, 0.3) is 0 Å². The van der Waals surface area contributed by atoms with Gasteiger partial charge in [-0.1, -0.05) is 133 Å². The molecule has 8 aromatic rings. The van der Waals surface area contributed by atoms with Crippen LogP contribution in [0.15, 0.2) is 170 Å². The summed E-state index contributed by atoms with van der Waals surface area (Å²) in [5.41, 5.74) is 6.33. The van der Waals surface area contributed by atoms with Gasteiger partial charge in [0.1, 0.15) is 23.0 Å². The minimum absolute atomic E-state index is 0. The largest absolute Gasteiger partial charge is 0.435 e. The molecule has 2 heterocycles. The van der Waals surface area contributed by atoms with Gasteiger partial charge in [-0.05, 0) is 69.1 Å². The Hall–Kier alpha value is -5.04. The fourth-order valence-corrected chi connectivity index (χ4v) is 10.0. The maximum Gasteiger partial charge on any atom is 0.326 e. The van der Waals surface area contributed by atoms with Crippen LogP contribution in [0.25, 0.3) is 54.9 Å². The SMILES string of the molecule is [Rh].c1ccc2c(c1)OP(Oc1ccc3ccccc3c1-c1c(OP3Oc4ccccc4-c4ccccc43)ccc3ccccc13)c1ccccc1-2. The molecule has 0 fully saturated rings. The Morgan fingerprint density at radius 3 is 1.20 bits per heavy atom. The molecule has 0 bridgehead atoms. The molecule has 2 unspecified atom stereocenters. The fraction of sp³-hybridized carbons (Fsp3) is 0. The van der Waals surface area contributed by atoms with Crippen molar-refractivity contribution < 1.29 is 37.6 Å². The van der Waals surface area contributed by atoms with E-state index in [0.717, 1.165) is 88.5 Å². The van der Waals surface area contributed by atoms with Gasteiger partial charge in [0.05, 0.1) is 10.6 Å². The maximum absolute atomic E-state index is 7.09. The number of benzene rings is 8. The van der Waals surface area contributed by atoms with Crippen molar-refractivity contribution in [2.24, 2.45) is 0 Å². The molecule has 0 aliphatic carbocycles. The first-order valence-corrected chi connectivity index (χ1v) is 18.9. The van der Waals surface area contributed by atoms with Crippen LogP contribution in [-0.4, -0.2) is 0 Å². The molecule has 0 spiro atoms. The second-order valence-corrected chi connectivity index (χ2v) is 14.9. The van der Waals surface area contributed by atoms with Crippen LogP contribution >= 0.6 is 16.8 Å². The van der Waals surface area contributed by atoms with Gasteiger partial charge in [-0.15, -0.1) is 0 Å². The molecule has 2 atom stereocenters. The van der Waals surface area contributed by atoms with Crippen molar-refractivity contribution in [1.82, 2.24) is 0 Å². The van der Waals surface area contributed by atoms with E-state index in [4.69, 9.17) is 18.1 Å². The molecule has 8 aromatic carbocycles. The maximum atomic E-state index is 7.09. The van der Waals surface area contributed by atoms with Crippen molar-refractivity contribution in [3.8, 4) is 56.4 Å². The van der Waals surface area contributed by atoms with E-state index in [0.29, 0.717) is 0 Å². The van der Waals surface area contributed by atoms with Gasteiger partial charge >= 0.3 is 16.8 Å². The molecule has 10 rings (SSSR count). The van der Waals surface area contributed by atoms with E-state index in [1.165, 1.54) is 0 Å². The van der Waals surface area contributed by atoms with Crippen LogP contribution in [0.3, 0.4) is 0 Å². The summed E-state index contributed by atoms with van der Waals surface area (Å²) in [4.78, 5) is 0. The topological polar surface area (TPSA) is 36.9 Å². The minimum Gasteiger partial charge on any atom is -0.435 e. The van der Waals surface area contributed by atoms with Crippen LogP contribution in [0.2, 0.25) is 0 Å². The van der Waals surface area contributed by atoms with Crippen molar-refractivity contribution in [3.63, 3.8) is 0 Å². The molecule has 4 nitrogen and oxygen atoms in total. The molecule has 0 saturated heterocycles. The van der Waals surface area contributed by atoms with Crippen LogP contribution in [0.1, 0.15) is 0 Å². The van der Waals surface area contributed by atoms with E-state index in [9.17, 15) is 0 Å². The summed E-state index contributed by atoms with van der Waals surface area (Å²) in [6, 6.07) is 58.4. The molecular formula is C44H28O4P2Rh. The molecule has 7 heteroatoms. The first-order chi connectivity index (χ1) is 24.8. The van der Waals surface area contributed by atoms with Gasteiger partial charge in [-0.3, -0.25) is 0 Å². The first kappa shape index (κ1) is 31.9. The third kappa shape index (κ3) is 5.49. The number of hydrogen-bond acceptors (Lipinski definition) is 4. The molecule has 2 aliphatic rings. The smallest absolute Gasteiger partial charge is 0.326 e. The normalized spacial score (nSPS) is 15.2. The molecule has 0 amide bonds. The van der Waals surface area contributed by atoms with Gasteiger partial charge in [0.15, 0.2) is 0 Å². The number of hydrogen-bond donors (Lipinski definition) is 0. The fourth-order valence-electron chi connectivity index (χ4n) is 7.02. The summed E-state index contributed by atoms with van der Waals surface area (Å²) in [6.07, 6.45) is 0. The Morgan fingerprint density at radius 2 is 0.725 bits per heavy atom. The molecule has 51 heavy (non-hydrogen) atoms. The zero-order valence-electron chi connectivity index (χ0n) is 27.0. The van der Waals surface area contributed by atoms with Crippen molar-refractivity contribution in [1.29, 1.82) is 0 Å². The zero-order chi connectivity index (χ0) is 33.0. The van der Waals surface area contributed by atoms with Crippen LogP contribution < -0.4 is 28.7 Å². The van der Waals surface area contributed by atoms with E-state index < -0.39 is 16.8 Å². The number of para-hydroxylation sites is 2. The third-order valence-corrected chi connectivity index (χ3v) is 12.3. The average Bonchev–Trinajstić information content (AvgIpc) is 3.18. The van der Waals surface area contributed by atoms with E-state index >= 15 is 0 Å². The summed E-state index contributed by atoms with van der Waals surface area (Å²) in [5, 5.41) is 6.43. The van der Waals surface area contributed by atoms with Gasteiger partial charge in [0, 0.05) is 41.7 Å². The molecule has 247 valence electrons. The van der Waals surface area contributed by atoms with Gasteiger partial charge in [-0.25, -0.2) is 0 Å². The molecule has 0 aromatic heterocycles. The second-order valence-electron chi connectivity index (χ2n) is 12.2. The number of rotatable bonds is 5.